The minimum atomic E-state index is -1.93. The molecule has 0 radical (unpaired) electrons. The minimum Gasteiger partial charge on any atom is -0.432 e. The molecule has 4 aliphatic heterocycles. The monoisotopic (exact) mass is 938 g/mol. The van der Waals surface area contributed by atoms with E-state index < -0.39 is 166 Å². The maximum atomic E-state index is 14.3. The van der Waals surface area contributed by atoms with Gasteiger partial charge in [-0.05, 0) is 87.5 Å². The first-order chi connectivity index (χ1) is 30.7. The molecule has 23 unspecified atom stereocenters. The fourth-order valence-electron chi connectivity index (χ4n) is 11.9. The van der Waals surface area contributed by atoms with Gasteiger partial charge in [-0.3, -0.25) is 4.79 Å². The topological polar surface area (TPSA) is 354 Å². The van der Waals surface area contributed by atoms with Crippen LogP contribution in [0.25, 0.3) is 0 Å². The van der Waals surface area contributed by atoms with Crippen LogP contribution >= 0.6 is 0 Å². The Morgan fingerprint density at radius 3 is 1.75 bits per heavy atom. The van der Waals surface area contributed by atoms with Crippen molar-refractivity contribution in [2.75, 3.05) is 19.8 Å². The maximum absolute atomic E-state index is 14.3. The van der Waals surface area contributed by atoms with Crippen molar-refractivity contribution < 1.29 is 109 Å². The minimum absolute atomic E-state index is 0.102. The van der Waals surface area contributed by atoms with Crippen molar-refractivity contribution in [3.05, 3.63) is 12.2 Å². The lowest BCUT2D eigenvalue weighted by Crippen LogP contribution is -2.67. The number of carbonyl (C=O) groups excluding carboxylic acids is 1. The zero-order valence-electron chi connectivity index (χ0n) is 36.8. The highest BCUT2D eigenvalue weighted by Crippen LogP contribution is 2.64. The number of rotatable bonds is 11. The molecule has 0 aromatic rings. The van der Waals surface area contributed by atoms with E-state index in [0.29, 0.717) is 37.7 Å². The van der Waals surface area contributed by atoms with Gasteiger partial charge in [0.15, 0.2) is 18.9 Å². The van der Waals surface area contributed by atoms with Crippen LogP contribution in [0.3, 0.4) is 0 Å². The lowest BCUT2D eigenvalue weighted by molar-refractivity contribution is -0.393. The first kappa shape index (κ1) is 51.3. The van der Waals surface area contributed by atoms with Gasteiger partial charge in [0.1, 0.15) is 91.6 Å². The number of aliphatic hydroxyl groups is 13. The molecule has 26 atom stereocenters. The van der Waals surface area contributed by atoms with Crippen LogP contribution in [0.15, 0.2) is 12.2 Å². The number of hydrogen-bond acceptors (Lipinski definition) is 22. The molecule has 65 heavy (non-hydrogen) atoms. The lowest BCUT2D eigenvalue weighted by atomic mass is 9.45. The highest BCUT2D eigenvalue weighted by Gasteiger charge is 2.62. The summed E-state index contributed by atoms with van der Waals surface area (Å²) < 4.78 is 48.0. The average Bonchev–Trinajstić information content (AvgIpc) is 3.44. The predicted molar refractivity (Wildman–Crippen MR) is 215 cm³/mol. The number of ether oxygens (including phenoxy) is 8. The maximum Gasteiger partial charge on any atom is 0.314 e. The summed E-state index contributed by atoms with van der Waals surface area (Å²) in [7, 11) is 0. The van der Waals surface area contributed by atoms with E-state index in [4.69, 9.17) is 37.9 Å². The zero-order chi connectivity index (χ0) is 47.4. The van der Waals surface area contributed by atoms with Crippen molar-refractivity contribution in [1.82, 2.24) is 0 Å². The molecule has 7 fully saturated rings. The molecule has 7 rings (SSSR count). The number of fused-ring (bicyclic) bond motifs is 3. The van der Waals surface area contributed by atoms with E-state index in [1.165, 1.54) is 6.92 Å². The first-order valence-electron chi connectivity index (χ1n) is 22.8. The summed E-state index contributed by atoms with van der Waals surface area (Å²) in [6.07, 6.45) is -28.9. The summed E-state index contributed by atoms with van der Waals surface area (Å²) in [5.74, 6) is -0.861. The fourth-order valence-corrected chi connectivity index (χ4v) is 11.9. The Kier molecular flexibility index (Phi) is 16.1. The second kappa shape index (κ2) is 20.4. The van der Waals surface area contributed by atoms with Crippen LogP contribution in [0.2, 0.25) is 0 Å². The number of aliphatic hydroxyl groups excluding tert-OH is 13. The Labute approximate surface area is 376 Å². The summed E-state index contributed by atoms with van der Waals surface area (Å²) in [6, 6.07) is 0. The van der Waals surface area contributed by atoms with Crippen molar-refractivity contribution in [3.8, 4) is 0 Å². The van der Waals surface area contributed by atoms with Gasteiger partial charge in [-0.25, -0.2) is 0 Å². The van der Waals surface area contributed by atoms with E-state index >= 15 is 0 Å². The van der Waals surface area contributed by atoms with E-state index in [2.05, 4.69) is 13.5 Å². The second-order valence-corrected chi connectivity index (χ2v) is 19.7. The molecule has 0 spiro atoms. The standard InChI is InChI=1S/C43H70O22/c1-16-6-7-18-8-9-24-42(3,10-5-11-43(24,4)41(57)65-39-34(56)31(53)27(49)22(14-45)61-39)19(18)12-20(16)59-40-36(64-37-32(54)29(51)25(47)17(2)58-37)35(28(50)23(15-46)62-40)63-38-33(55)30(52)26(48)21(13-44)60-38/h17-40,44-56H,1,5-15H2,2-4H3/t17?,18?,19-,20?,21?,22?,23?,24?,25?,26?,27?,28?,29?,30?,31?,32?,33?,34?,35?,36?,37?,38?,39?,40?,42+,43-/m1/s1. The molecule has 4 saturated heterocycles. The number of hydrogen-bond donors (Lipinski definition) is 13. The summed E-state index contributed by atoms with van der Waals surface area (Å²) in [6.45, 7) is 7.47. The summed E-state index contributed by atoms with van der Waals surface area (Å²) in [4.78, 5) is 14.3. The fraction of sp³-hybridized carbons (Fsp3) is 0.930. The third kappa shape index (κ3) is 9.55. The van der Waals surface area contributed by atoms with Gasteiger partial charge >= 0.3 is 5.97 Å². The van der Waals surface area contributed by atoms with Crippen molar-refractivity contribution in [3.63, 3.8) is 0 Å². The van der Waals surface area contributed by atoms with Gasteiger partial charge in [-0.1, -0.05) is 19.9 Å². The van der Waals surface area contributed by atoms with Crippen LogP contribution in [0, 0.1) is 28.6 Å². The molecule has 4 heterocycles. The normalized spacial score (nSPS) is 53.1. The molecule has 0 amide bonds. The van der Waals surface area contributed by atoms with Crippen molar-refractivity contribution in [1.29, 1.82) is 0 Å². The van der Waals surface area contributed by atoms with Crippen molar-refractivity contribution in [2.24, 2.45) is 28.6 Å². The van der Waals surface area contributed by atoms with Gasteiger partial charge in [0.05, 0.1) is 37.4 Å². The Morgan fingerprint density at radius 1 is 0.615 bits per heavy atom. The molecule has 0 aromatic heterocycles. The van der Waals surface area contributed by atoms with Crippen LogP contribution in [0.5, 0.6) is 0 Å². The molecule has 3 aliphatic carbocycles. The van der Waals surface area contributed by atoms with Gasteiger partial charge in [0.25, 0.3) is 0 Å². The molecule has 0 aromatic carbocycles. The third-order valence-corrected chi connectivity index (χ3v) is 15.9. The van der Waals surface area contributed by atoms with E-state index in [1.807, 2.05) is 6.92 Å². The van der Waals surface area contributed by atoms with Gasteiger partial charge in [-0.2, -0.15) is 0 Å². The molecule has 22 heteroatoms. The van der Waals surface area contributed by atoms with Gasteiger partial charge < -0.3 is 104 Å². The van der Waals surface area contributed by atoms with Crippen LogP contribution in [-0.4, -0.2) is 221 Å². The van der Waals surface area contributed by atoms with Crippen LogP contribution < -0.4 is 0 Å². The molecule has 7 aliphatic rings. The van der Waals surface area contributed by atoms with Gasteiger partial charge in [0.2, 0.25) is 6.29 Å². The molecule has 22 nitrogen and oxygen atoms in total. The molecular formula is C43H70O22. The molecule has 374 valence electrons. The third-order valence-electron chi connectivity index (χ3n) is 15.9. The van der Waals surface area contributed by atoms with Gasteiger partial charge in [0, 0.05) is 0 Å². The van der Waals surface area contributed by atoms with E-state index in [0.717, 1.165) is 19.3 Å². The number of carbonyl (C=O) groups is 1. The van der Waals surface area contributed by atoms with E-state index in [9.17, 15) is 71.2 Å². The smallest absolute Gasteiger partial charge is 0.314 e. The highest BCUT2D eigenvalue weighted by atomic mass is 16.8. The lowest BCUT2D eigenvalue weighted by Gasteiger charge is -2.59. The van der Waals surface area contributed by atoms with Crippen molar-refractivity contribution in [2.45, 2.75) is 201 Å². The second-order valence-electron chi connectivity index (χ2n) is 19.7. The molecule has 0 bridgehead atoms. The summed E-state index contributed by atoms with van der Waals surface area (Å²) in [5.41, 5.74) is -0.926. The largest absolute Gasteiger partial charge is 0.432 e. The first-order valence-corrected chi connectivity index (χ1v) is 22.8. The van der Waals surface area contributed by atoms with Crippen LogP contribution in [0.4, 0.5) is 0 Å². The van der Waals surface area contributed by atoms with Gasteiger partial charge in [-0.15, -0.1) is 0 Å². The van der Waals surface area contributed by atoms with E-state index in [1.54, 1.807) is 0 Å². The summed E-state index contributed by atoms with van der Waals surface area (Å²) >= 11 is 0. The molecule has 3 saturated carbocycles. The molecular weight excluding hydrogens is 868 g/mol. The Balaban J connectivity index is 1.17. The van der Waals surface area contributed by atoms with Crippen LogP contribution in [-0.2, 0) is 42.7 Å². The van der Waals surface area contributed by atoms with E-state index in [-0.39, 0.29) is 17.8 Å². The number of esters is 1. The Morgan fingerprint density at radius 2 is 1.14 bits per heavy atom. The Hall–Kier alpha value is -1.59. The average molecular weight is 939 g/mol. The summed E-state index contributed by atoms with van der Waals surface area (Å²) in [5, 5.41) is 137. The SMILES string of the molecule is C=C1CCC2CCC3[C@](C)(C(=O)OC4OC(CO)C(O)C(O)C4O)CCC[C@@]3(C)[C@@H]2CC1OC1OC(CO)C(O)C(OC2OC(CO)C(O)C(O)C2O)C1OC1OC(C)C(O)C(O)C1O. The van der Waals surface area contributed by atoms with Crippen molar-refractivity contribution >= 4 is 5.97 Å². The quantitative estimate of drug-likeness (QED) is 0.0689. The highest BCUT2D eigenvalue weighted by molar-refractivity contribution is 5.77. The molecule has 13 N–H and O–H groups in total. The zero-order valence-corrected chi connectivity index (χ0v) is 36.8. The predicted octanol–water partition coefficient (Wildman–Crippen LogP) is -4.23. The van der Waals surface area contributed by atoms with Crippen LogP contribution in [0.1, 0.15) is 72.1 Å². The Bertz CT molecular complexity index is 1620.